The Labute approximate surface area is 260 Å². The monoisotopic (exact) mass is 589 g/mol. The highest BCUT2D eigenvalue weighted by Gasteiger charge is 2.17. The maximum Gasteiger partial charge on any atom is 0.0234 e. The predicted octanol–water partition coefficient (Wildman–Crippen LogP) is 2.63. The van der Waals surface area contributed by atoms with E-state index in [2.05, 4.69) is 79.0 Å². The first kappa shape index (κ1) is 37.1. The highest BCUT2D eigenvalue weighted by Crippen LogP contribution is 2.08. The lowest BCUT2D eigenvalue weighted by Crippen LogP contribution is -2.48. The highest BCUT2D eigenvalue weighted by atomic mass is 15.3. The Morgan fingerprint density at radius 2 is 1.02 bits per heavy atom. The zero-order valence-corrected chi connectivity index (χ0v) is 28.1. The molecular weight excluding hydrogens is 520 g/mol. The van der Waals surface area contributed by atoms with Gasteiger partial charge in [0, 0.05) is 78.5 Å². The van der Waals surface area contributed by atoms with Gasteiger partial charge in [0.15, 0.2) is 0 Å². The van der Waals surface area contributed by atoms with Crippen LogP contribution in [0.1, 0.15) is 53.4 Å². The number of hydrogen-bond acceptors (Lipinski definition) is 8. The van der Waals surface area contributed by atoms with E-state index in [0.717, 1.165) is 85.1 Å². The molecule has 0 aromatic rings. The lowest BCUT2D eigenvalue weighted by molar-refractivity contribution is 0.124. The van der Waals surface area contributed by atoms with Gasteiger partial charge in [0.25, 0.3) is 0 Å². The molecule has 0 aliphatic carbocycles. The van der Waals surface area contributed by atoms with Crippen LogP contribution in [0, 0.1) is 0 Å². The molecule has 42 heavy (non-hydrogen) atoms. The van der Waals surface area contributed by atoms with Crippen LogP contribution in [0.5, 0.6) is 0 Å². The number of hydrogen-bond donors (Lipinski definition) is 4. The molecule has 0 aromatic carbocycles. The second-order valence-electron chi connectivity index (χ2n) is 11.9. The van der Waals surface area contributed by atoms with E-state index in [-0.39, 0.29) is 0 Å². The van der Waals surface area contributed by atoms with Crippen molar-refractivity contribution in [2.24, 2.45) is 0 Å². The van der Waals surface area contributed by atoms with Crippen LogP contribution in [0.25, 0.3) is 0 Å². The van der Waals surface area contributed by atoms with Gasteiger partial charge in [0.05, 0.1) is 0 Å². The molecule has 8 heteroatoms. The molecule has 0 amide bonds. The summed E-state index contributed by atoms with van der Waals surface area (Å²) in [5.41, 5.74) is 2.86. The lowest BCUT2D eigenvalue weighted by Gasteiger charge is -2.35. The van der Waals surface area contributed by atoms with Crippen LogP contribution < -0.4 is 21.3 Å². The van der Waals surface area contributed by atoms with Crippen molar-refractivity contribution in [3.8, 4) is 0 Å². The van der Waals surface area contributed by atoms with E-state index in [0.29, 0.717) is 0 Å². The van der Waals surface area contributed by atoms with Gasteiger partial charge >= 0.3 is 0 Å². The van der Waals surface area contributed by atoms with Crippen molar-refractivity contribution in [3.05, 3.63) is 35.5 Å². The van der Waals surface area contributed by atoms with Crippen molar-refractivity contribution in [1.29, 1.82) is 0 Å². The number of nitrogens with one attached hydrogen (secondary N) is 4. The maximum atomic E-state index is 3.71. The average Bonchev–Trinajstić information content (AvgIpc) is 3.01. The Morgan fingerprint density at radius 1 is 0.524 bits per heavy atom. The number of piperazine rings is 1. The summed E-state index contributed by atoms with van der Waals surface area (Å²) in [7, 11) is 0. The van der Waals surface area contributed by atoms with Gasteiger partial charge in [0.1, 0.15) is 0 Å². The molecule has 0 spiro atoms. The minimum absolute atomic E-state index is 1.01. The fraction of sp³-hybridized carbons (Fsp3) is 0.824. The molecular formula is C34H68N8. The molecule has 0 atom stereocenters. The standard InChI is InChI=1S/C32H62N8.C2H6/c1-3-8-32(30-40-20-6-13-34-16-15-33-11-4-12-35-18-24-40)10-9-31(2)29-39-22-7-21-38-27-25-37(26-28-38)19-5-14-36-17-23-39;1-2/h3,8-10,33-36H,4-7,11-30H2,1-2H3;1-2H3/b8-3-,31-9+,32-10+;. The lowest BCUT2D eigenvalue weighted by atomic mass is 10.1. The molecule has 244 valence electrons. The molecule has 0 saturated carbocycles. The van der Waals surface area contributed by atoms with E-state index >= 15 is 0 Å². The fourth-order valence-corrected chi connectivity index (χ4v) is 5.93. The second-order valence-corrected chi connectivity index (χ2v) is 11.9. The summed E-state index contributed by atoms with van der Waals surface area (Å²) in [5.74, 6) is 0. The first-order valence-corrected chi connectivity index (χ1v) is 17.4. The van der Waals surface area contributed by atoms with E-state index in [9.17, 15) is 0 Å². The van der Waals surface area contributed by atoms with Gasteiger partial charge in [-0.25, -0.2) is 0 Å². The Bertz CT molecular complexity index is 712. The van der Waals surface area contributed by atoms with Crippen LogP contribution in [0.2, 0.25) is 0 Å². The molecule has 0 unspecified atom stereocenters. The third-order valence-corrected chi connectivity index (χ3v) is 8.31. The molecule has 4 fully saturated rings. The quantitative estimate of drug-likeness (QED) is 0.354. The van der Waals surface area contributed by atoms with E-state index < -0.39 is 0 Å². The van der Waals surface area contributed by atoms with Crippen molar-refractivity contribution >= 4 is 0 Å². The van der Waals surface area contributed by atoms with Gasteiger partial charge in [-0.1, -0.05) is 43.7 Å². The Hall–Kier alpha value is -1.10. The van der Waals surface area contributed by atoms with Crippen LogP contribution in [0.15, 0.2) is 35.5 Å². The number of rotatable bonds is 6. The molecule has 4 saturated heterocycles. The molecule has 8 nitrogen and oxygen atoms in total. The molecule has 4 heterocycles. The normalized spacial score (nSPS) is 26.7. The minimum atomic E-state index is 1.01. The Morgan fingerprint density at radius 3 is 1.64 bits per heavy atom. The van der Waals surface area contributed by atoms with Crippen molar-refractivity contribution in [3.63, 3.8) is 0 Å². The Balaban J connectivity index is 0.00000301. The minimum Gasteiger partial charge on any atom is -0.315 e. The molecule has 4 rings (SSSR count). The molecule has 0 radical (unpaired) electrons. The maximum absolute atomic E-state index is 3.71. The van der Waals surface area contributed by atoms with E-state index in [1.807, 2.05) is 13.8 Å². The third kappa shape index (κ3) is 17.9. The van der Waals surface area contributed by atoms with Crippen LogP contribution in [0.4, 0.5) is 0 Å². The van der Waals surface area contributed by atoms with Gasteiger partial charge in [0.2, 0.25) is 0 Å². The number of nitrogens with zero attached hydrogens (tertiary/aromatic N) is 4. The van der Waals surface area contributed by atoms with Gasteiger partial charge in [-0.2, -0.15) is 0 Å². The van der Waals surface area contributed by atoms with Gasteiger partial charge < -0.3 is 31.1 Å². The van der Waals surface area contributed by atoms with E-state index in [1.54, 1.807) is 0 Å². The summed E-state index contributed by atoms with van der Waals surface area (Å²) in [6.45, 7) is 31.2. The van der Waals surface area contributed by atoms with Crippen LogP contribution in [0.3, 0.4) is 0 Å². The van der Waals surface area contributed by atoms with E-state index in [1.165, 1.54) is 82.6 Å². The van der Waals surface area contributed by atoms with Gasteiger partial charge in [-0.15, -0.1) is 0 Å². The molecule has 4 aliphatic heterocycles. The van der Waals surface area contributed by atoms with Crippen LogP contribution in [-0.2, 0) is 0 Å². The SMILES string of the molecule is CC.C\C=C/C(=C\C=C(/C)CN1CCCN2CCN(CCCNCC1)CC2)CN1CCCNCCNCCCNCC1. The van der Waals surface area contributed by atoms with Crippen molar-refractivity contribution in [1.82, 2.24) is 40.9 Å². The summed E-state index contributed by atoms with van der Waals surface area (Å²) in [6, 6.07) is 0. The van der Waals surface area contributed by atoms with Crippen LogP contribution in [-0.4, -0.2) is 150 Å². The Kier molecular flexibility index (Phi) is 22.3. The zero-order valence-electron chi connectivity index (χ0n) is 28.1. The first-order valence-electron chi connectivity index (χ1n) is 17.4. The number of allylic oxidation sites excluding steroid dienone is 3. The second kappa shape index (κ2) is 25.2. The molecule has 0 aromatic heterocycles. The van der Waals surface area contributed by atoms with Crippen molar-refractivity contribution in [2.75, 3.05) is 131 Å². The zero-order chi connectivity index (χ0) is 30.1. The summed E-state index contributed by atoms with van der Waals surface area (Å²) < 4.78 is 0. The third-order valence-electron chi connectivity index (χ3n) is 8.31. The smallest absolute Gasteiger partial charge is 0.0234 e. The van der Waals surface area contributed by atoms with Gasteiger partial charge in [-0.3, -0.25) is 9.80 Å². The molecule has 2 bridgehead atoms. The summed E-state index contributed by atoms with van der Waals surface area (Å²) >= 11 is 0. The summed E-state index contributed by atoms with van der Waals surface area (Å²) in [4.78, 5) is 10.6. The van der Waals surface area contributed by atoms with Gasteiger partial charge in [-0.05, 0) is 97.5 Å². The van der Waals surface area contributed by atoms with Crippen molar-refractivity contribution < 1.29 is 0 Å². The van der Waals surface area contributed by atoms with E-state index in [4.69, 9.17) is 0 Å². The number of fused-ring (bicyclic) bond motifs is 11. The largest absolute Gasteiger partial charge is 0.315 e. The molecule has 4 N–H and O–H groups in total. The van der Waals surface area contributed by atoms with Crippen LogP contribution >= 0.6 is 0 Å². The summed E-state index contributed by atoms with van der Waals surface area (Å²) in [6.07, 6.45) is 14.2. The fourth-order valence-electron chi connectivity index (χ4n) is 5.93. The summed E-state index contributed by atoms with van der Waals surface area (Å²) in [5, 5.41) is 14.5. The topological polar surface area (TPSA) is 61.1 Å². The average molecular weight is 589 g/mol. The van der Waals surface area contributed by atoms with Crippen molar-refractivity contribution in [2.45, 2.75) is 53.4 Å². The highest BCUT2D eigenvalue weighted by molar-refractivity contribution is 5.27. The molecule has 4 aliphatic rings. The first-order chi connectivity index (χ1) is 20.7. The predicted molar refractivity (Wildman–Crippen MR) is 184 cm³/mol.